The van der Waals surface area contributed by atoms with Gasteiger partial charge in [-0.3, -0.25) is 28.3 Å². The number of hydrogen-bond donors (Lipinski definition) is 1. The molecule has 0 spiro atoms. The van der Waals surface area contributed by atoms with Crippen LogP contribution in [0.3, 0.4) is 0 Å². The van der Waals surface area contributed by atoms with Gasteiger partial charge in [-0.05, 0) is 37.6 Å². The zero-order valence-electron chi connectivity index (χ0n) is 17.0. The molecule has 0 amide bonds. The molecular formula is C20H23N3O7. The average molecular weight is 417 g/mol. The van der Waals surface area contributed by atoms with Gasteiger partial charge in [0.1, 0.15) is 17.1 Å². The molecule has 0 bridgehead atoms. The fourth-order valence-electron chi connectivity index (χ4n) is 2.60. The summed E-state index contributed by atoms with van der Waals surface area (Å²) in [5.41, 5.74) is 4.36. The maximum atomic E-state index is 12.3. The highest BCUT2D eigenvalue weighted by Gasteiger charge is 2.21. The van der Waals surface area contributed by atoms with Crippen LogP contribution in [-0.2, 0) is 23.6 Å². The molecule has 30 heavy (non-hydrogen) atoms. The molecule has 0 saturated heterocycles. The molecule has 2 rings (SSSR count). The van der Waals surface area contributed by atoms with E-state index in [1.807, 2.05) is 0 Å². The van der Waals surface area contributed by atoms with Crippen molar-refractivity contribution in [1.29, 1.82) is 0 Å². The van der Waals surface area contributed by atoms with Gasteiger partial charge in [-0.2, -0.15) is 0 Å². The Labute approximate surface area is 171 Å². The number of nitrogens with two attached hydrogens (primary N) is 1. The number of esters is 1. The van der Waals surface area contributed by atoms with Crippen molar-refractivity contribution in [3.8, 4) is 5.75 Å². The van der Waals surface area contributed by atoms with Crippen LogP contribution >= 0.6 is 0 Å². The third-order valence-electron chi connectivity index (χ3n) is 4.41. The summed E-state index contributed by atoms with van der Waals surface area (Å²) in [6.45, 7) is 1.04. The Bertz CT molecular complexity index is 1080. The van der Waals surface area contributed by atoms with E-state index in [-0.39, 0.29) is 24.6 Å². The van der Waals surface area contributed by atoms with Gasteiger partial charge in [0.15, 0.2) is 12.4 Å². The van der Waals surface area contributed by atoms with Gasteiger partial charge in [-0.1, -0.05) is 0 Å². The molecule has 160 valence electrons. The number of aromatic nitrogens is 2. The van der Waals surface area contributed by atoms with Crippen LogP contribution < -0.4 is 21.7 Å². The zero-order valence-corrected chi connectivity index (χ0v) is 17.0. The Kier molecular flexibility index (Phi) is 7.29. The Balaban J connectivity index is 1.82. The van der Waals surface area contributed by atoms with Crippen LogP contribution in [0.5, 0.6) is 5.75 Å². The third-order valence-corrected chi connectivity index (χ3v) is 4.41. The summed E-state index contributed by atoms with van der Waals surface area (Å²) in [6.07, 6.45) is 0.338. The average Bonchev–Trinajstić information content (AvgIpc) is 2.72. The lowest BCUT2D eigenvalue weighted by Gasteiger charge is -2.11. The number of nitrogen functional groups attached to an aromatic ring is 1. The molecule has 0 aliphatic rings. The van der Waals surface area contributed by atoms with E-state index in [1.165, 1.54) is 21.0 Å². The molecule has 0 aliphatic heterocycles. The second kappa shape index (κ2) is 9.68. The molecule has 0 fully saturated rings. The molecule has 0 unspecified atom stereocenters. The molecule has 2 aromatic rings. The number of nitrogens with zero attached hydrogens (tertiary/aromatic N) is 2. The van der Waals surface area contributed by atoms with Crippen LogP contribution in [0.1, 0.15) is 40.5 Å². The van der Waals surface area contributed by atoms with E-state index in [1.54, 1.807) is 24.3 Å². The molecule has 1 aromatic heterocycles. The SMILES string of the molecule is CC(=O)c1ccc(OCCCC(=O)OCC(=O)c2c(N)n(C)c(=O)n(C)c2=O)cc1. The number of hydrogen-bond acceptors (Lipinski definition) is 8. The zero-order chi connectivity index (χ0) is 22.4. The largest absolute Gasteiger partial charge is 0.494 e. The summed E-state index contributed by atoms with van der Waals surface area (Å²) in [4.78, 5) is 59.2. The number of carbonyl (C=O) groups is 3. The number of ether oxygens (including phenoxy) is 2. The highest BCUT2D eigenvalue weighted by Crippen LogP contribution is 2.13. The van der Waals surface area contributed by atoms with Crippen LogP contribution in [0.25, 0.3) is 0 Å². The summed E-state index contributed by atoms with van der Waals surface area (Å²) >= 11 is 0. The van der Waals surface area contributed by atoms with Gasteiger partial charge in [0.2, 0.25) is 5.78 Å². The Morgan fingerprint density at radius 3 is 2.27 bits per heavy atom. The number of benzene rings is 1. The van der Waals surface area contributed by atoms with E-state index in [2.05, 4.69) is 0 Å². The Morgan fingerprint density at radius 1 is 1.03 bits per heavy atom. The number of Topliss-reactive ketones (excluding diaryl/α,β-unsaturated/α-hetero) is 2. The predicted molar refractivity (Wildman–Crippen MR) is 108 cm³/mol. The van der Waals surface area contributed by atoms with Gasteiger partial charge in [-0.15, -0.1) is 0 Å². The van der Waals surface area contributed by atoms with Gasteiger partial charge in [0, 0.05) is 26.1 Å². The first-order valence-electron chi connectivity index (χ1n) is 9.11. The summed E-state index contributed by atoms with van der Waals surface area (Å²) < 4.78 is 12.1. The Hall–Kier alpha value is -3.69. The minimum absolute atomic E-state index is 0.000419. The van der Waals surface area contributed by atoms with Gasteiger partial charge in [0.05, 0.1) is 6.61 Å². The summed E-state index contributed by atoms with van der Waals surface area (Å²) in [6, 6.07) is 6.61. The van der Waals surface area contributed by atoms with Crippen molar-refractivity contribution < 1.29 is 23.9 Å². The van der Waals surface area contributed by atoms with Crippen LogP contribution in [0.2, 0.25) is 0 Å². The summed E-state index contributed by atoms with van der Waals surface area (Å²) in [5.74, 6) is -1.20. The van der Waals surface area contributed by atoms with Crippen molar-refractivity contribution >= 4 is 23.4 Å². The third kappa shape index (κ3) is 5.22. The number of ketones is 2. The molecule has 10 nitrogen and oxygen atoms in total. The maximum absolute atomic E-state index is 12.3. The van der Waals surface area contributed by atoms with E-state index in [0.29, 0.717) is 17.7 Å². The van der Waals surface area contributed by atoms with E-state index in [0.717, 1.165) is 9.13 Å². The molecule has 0 atom stereocenters. The smallest absolute Gasteiger partial charge is 0.332 e. The fraction of sp³-hybridized carbons (Fsp3) is 0.350. The minimum atomic E-state index is -0.846. The highest BCUT2D eigenvalue weighted by molar-refractivity contribution is 6.01. The molecule has 0 aliphatic carbocycles. The Morgan fingerprint density at radius 2 is 1.67 bits per heavy atom. The van der Waals surface area contributed by atoms with Gasteiger partial charge >= 0.3 is 11.7 Å². The van der Waals surface area contributed by atoms with E-state index < -0.39 is 35.2 Å². The molecule has 0 radical (unpaired) electrons. The first-order valence-corrected chi connectivity index (χ1v) is 9.11. The van der Waals surface area contributed by atoms with Crippen molar-refractivity contribution in [2.24, 2.45) is 14.1 Å². The quantitative estimate of drug-likeness (QED) is 0.352. The van der Waals surface area contributed by atoms with Gasteiger partial charge in [0.25, 0.3) is 5.56 Å². The molecule has 0 saturated carbocycles. The molecular weight excluding hydrogens is 394 g/mol. The summed E-state index contributed by atoms with van der Waals surface area (Å²) in [7, 11) is 2.55. The second-order valence-electron chi connectivity index (χ2n) is 6.58. The number of anilines is 1. The van der Waals surface area contributed by atoms with Crippen molar-refractivity contribution in [1.82, 2.24) is 9.13 Å². The maximum Gasteiger partial charge on any atom is 0.332 e. The minimum Gasteiger partial charge on any atom is -0.494 e. The first-order chi connectivity index (χ1) is 14.1. The number of carbonyl (C=O) groups excluding carboxylic acids is 3. The van der Waals surface area contributed by atoms with E-state index in [4.69, 9.17) is 15.2 Å². The number of rotatable bonds is 9. The van der Waals surface area contributed by atoms with Crippen LogP contribution in [0.15, 0.2) is 33.9 Å². The molecule has 2 N–H and O–H groups in total. The summed E-state index contributed by atoms with van der Waals surface area (Å²) in [5, 5.41) is 0. The normalized spacial score (nSPS) is 10.5. The molecule has 1 aromatic carbocycles. The van der Waals surface area contributed by atoms with E-state index >= 15 is 0 Å². The topological polar surface area (TPSA) is 140 Å². The first kappa shape index (κ1) is 22.6. The monoisotopic (exact) mass is 417 g/mol. The van der Waals surface area contributed by atoms with Crippen LogP contribution in [0, 0.1) is 0 Å². The van der Waals surface area contributed by atoms with Gasteiger partial charge in [-0.25, -0.2) is 4.79 Å². The van der Waals surface area contributed by atoms with Crippen molar-refractivity contribution in [3.05, 3.63) is 56.2 Å². The van der Waals surface area contributed by atoms with Crippen molar-refractivity contribution in [2.75, 3.05) is 18.9 Å². The van der Waals surface area contributed by atoms with Crippen molar-refractivity contribution in [3.63, 3.8) is 0 Å². The standard InChI is InChI=1S/C20H23N3O7/c1-12(24)13-6-8-14(9-7-13)29-10-4-5-16(26)30-11-15(25)17-18(21)22(2)20(28)23(3)19(17)27/h6-9H,4-5,10-11,21H2,1-3H3. The van der Waals surface area contributed by atoms with Gasteiger partial charge < -0.3 is 15.2 Å². The molecule has 1 heterocycles. The van der Waals surface area contributed by atoms with E-state index in [9.17, 15) is 24.0 Å². The molecule has 10 heteroatoms. The fourth-order valence-corrected chi connectivity index (χ4v) is 2.60. The lowest BCUT2D eigenvalue weighted by molar-refractivity contribution is -0.142. The second-order valence-corrected chi connectivity index (χ2v) is 6.58. The highest BCUT2D eigenvalue weighted by atomic mass is 16.5. The van der Waals surface area contributed by atoms with Crippen molar-refractivity contribution in [2.45, 2.75) is 19.8 Å². The van der Waals surface area contributed by atoms with Crippen LogP contribution in [-0.4, -0.2) is 39.9 Å². The van der Waals surface area contributed by atoms with Crippen LogP contribution in [0.4, 0.5) is 5.82 Å². The lowest BCUT2D eigenvalue weighted by Crippen LogP contribution is -2.42. The predicted octanol–water partition coefficient (Wildman–Crippen LogP) is 0.454. The lowest BCUT2D eigenvalue weighted by atomic mass is 10.1.